The lowest BCUT2D eigenvalue weighted by Crippen LogP contribution is -2.44. The van der Waals surface area contributed by atoms with Crippen molar-refractivity contribution in [2.45, 2.75) is 33.0 Å². The molecule has 0 aliphatic carbocycles. The average molecular weight is 594 g/mol. The van der Waals surface area contributed by atoms with Gasteiger partial charge in [-0.25, -0.2) is 14.8 Å². The molecule has 1 aliphatic rings. The highest BCUT2D eigenvalue weighted by molar-refractivity contribution is 5.98. The van der Waals surface area contributed by atoms with Crippen molar-refractivity contribution in [1.82, 2.24) is 25.0 Å². The fourth-order valence-corrected chi connectivity index (χ4v) is 5.45. The number of carboxylic acids is 1. The van der Waals surface area contributed by atoms with E-state index in [2.05, 4.69) is 20.6 Å². The fraction of sp³-hybridized carbons (Fsp3) is 0.194. The van der Waals surface area contributed by atoms with Crippen molar-refractivity contribution in [1.29, 1.82) is 0 Å². The van der Waals surface area contributed by atoms with E-state index in [0.29, 0.717) is 30.7 Å². The molecule has 2 amide bonds. The van der Waals surface area contributed by atoms with Gasteiger partial charge in [-0.05, 0) is 53.3 Å². The first-order valence-electron chi connectivity index (χ1n) is 13.8. The zero-order valence-electron chi connectivity index (χ0n) is 23.6. The van der Waals surface area contributed by atoms with Gasteiger partial charge < -0.3 is 26.4 Å². The summed E-state index contributed by atoms with van der Waals surface area (Å²) in [5.74, 6) is -1.98. The Morgan fingerprint density at radius 3 is 2.41 bits per heavy atom. The maximum absolute atomic E-state index is 13.2. The van der Waals surface area contributed by atoms with Crippen LogP contribution in [-0.2, 0) is 26.1 Å². The fourth-order valence-electron chi connectivity index (χ4n) is 5.45. The number of nitrogens with one attached hydrogen (secondary N) is 2. The molecule has 5 aromatic rings. The van der Waals surface area contributed by atoms with E-state index >= 15 is 0 Å². The van der Waals surface area contributed by atoms with Crippen molar-refractivity contribution in [2.75, 3.05) is 17.2 Å². The summed E-state index contributed by atoms with van der Waals surface area (Å²) in [6.07, 6.45) is 3.56. The lowest BCUT2D eigenvalue weighted by molar-refractivity contribution is 0.0695. The molecule has 0 fully saturated rings. The number of aromatic nitrogens is 3. The summed E-state index contributed by atoms with van der Waals surface area (Å²) in [5.41, 5.74) is 9.72. The average Bonchev–Trinajstić information content (AvgIpc) is 3.50. The number of fused-ring (bicyclic) bond motifs is 2. The highest BCUT2D eigenvalue weighted by Gasteiger charge is 2.27. The highest BCUT2D eigenvalue weighted by atomic mass is 16.4. The molecule has 0 unspecified atom stereocenters. The molecule has 1 aliphatic heterocycles. The summed E-state index contributed by atoms with van der Waals surface area (Å²) in [6, 6.07) is 12.0. The Kier molecular flexibility index (Phi) is 7.13. The van der Waals surface area contributed by atoms with Gasteiger partial charge in [-0.2, -0.15) is 0 Å². The van der Waals surface area contributed by atoms with Crippen molar-refractivity contribution in [3.63, 3.8) is 0 Å². The Morgan fingerprint density at radius 2 is 1.68 bits per heavy atom. The molecule has 0 bridgehead atoms. The maximum Gasteiger partial charge on any atom is 0.335 e. The summed E-state index contributed by atoms with van der Waals surface area (Å²) in [5, 5.41) is 14.9. The number of imidazole rings is 1. The SMILES string of the molecule is Cc1cc(CNC(=O)c2cc(C(=O)NCc3ccc4c(c3)CN(c3c(N)c(=O)c3=O)CC4)nc3cncn23)ccc1C(=O)O. The van der Waals surface area contributed by atoms with E-state index in [0.717, 1.165) is 22.3 Å². The number of hydrogen-bond acceptors (Lipinski definition) is 9. The van der Waals surface area contributed by atoms with Gasteiger partial charge in [0, 0.05) is 26.2 Å². The van der Waals surface area contributed by atoms with Crippen molar-refractivity contribution in [3.8, 4) is 0 Å². The highest BCUT2D eigenvalue weighted by Crippen LogP contribution is 2.26. The molecule has 44 heavy (non-hydrogen) atoms. The predicted octanol–water partition coefficient (Wildman–Crippen LogP) is 1.34. The maximum atomic E-state index is 13.2. The van der Waals surface area contributed by atoms with Gasteiger partial charge in [0.05, 0.1) is 11.8 Å². The van der Waals surface area contributed by atoms with Gasteiger partial charge in [-0.1, -0.05) is 30.3 Å². The number of carboxylic acid groups (broad SMARTS) is 1. The standard InChI is InChI=1S/C31H27N7O6/c1-16-8-17(3-5-21(16)31(43)44)11-35-30(42)23-10-22(36-24-13-33-15-38(23)24)29(41)34-12-18-2-4-19-6-7-37(14-20(19)9-18)26-25(32)27(39)28(26)40/h2-5,8-10,13,15H,6-7,11-12,14,32H2,1H3,(H,34,41)(H,35,42)(H,43,44). The molecule has 13 heteroatoms. The van der Waals surface area contributed by atoms with Crippen LogP contribution in [0.5, 0.6) is 0 Å². The molecule has 0 saturated heterocycles. The van der Waals surface area contributed by atoms with Gasteiger partial charge in [0.2, 0.25) is 0 Å². The van der Waals surface area contributed by atoms with Crippen LogP contribution >= 0.6 is 0 Å². The first kappa shape index (κ1) is 28.3. The molecule has 2 aromatic heterocycles. The first-order chi connectivity index (χ1) is 21.1. The summed E-state index contributed by atoms with van der Waals surface area (Å²) in [4.78, 5) is 71.4. The van der Waals surface area contributed by atoms with E-state index in [9.17, 15) is 29.1 Å². The van der Waals surface area contributed by atoms with Crippen LogP contribution in [-0.4, -0.2) is 43.8 Å². The number of aryl methyl sites for hydroxylation is 1. The molecule has 3 aromatic carbocycles. The Balaban J connectivity index is 1.14. The van der Waals surface area contributed by atoms with E-state index in [1.54, 1.807) is 19.1 Å². The molecule has 0 saturated carbocycles. The van der Waals surface area contributed by atoms with Crippen LogP contribution in [0.15, 0.2) is 64.6 Å². The monoisotopic (exact) mass is 593 g/mol. The predicted molar refractivity (Wildman–Crippen MR) is 160 cm³/mol. The normalized spacial score (nSPS) is 12.7. The van der Waals surface area contributed by atoms with Gasteiger partial charge >= 0.3 is 5.97 Å². The van der Waals surface area contributed by atoms with E-state index < -0.39 is 28.6 Å². The van der Waals surface area contributed by atoms with E-state index in [1.807, 2.05) is 23.1 Å². The van der Waals surface area contributed by atoms with Gasteiger partial charge in [-0.15, -0.1) is 0 Å². The van der Waals surface area contributed by atoms with Crippen LogP contribution in [0.1, 0.15) is 59.2 Å². The number of nitrogens with two attached hydrogens (primary N) is 1. The zero-order valence-corrected chi connectivity index (χ0v) is 23.6. The van der Waals surface area contributed by atoms with E-state index in [1.165, 1.54) is 29.1 Å². The van der Waals surface area contributed by atoms with Crippen LogP contribution in [0.3, 0.4) is 0 Å². The smallest absolute Gasteiger partial charge is 0.335 e. The number of anilines is 2. The largest absolute Gasteiger partial charge is 0.478 e. The number of hydrogen-bond donors (Lipinski definition) is 4. The third-order valence-electron chi connectivity index (χ3n) is 7.80. The number of carbonyl (C=O) groups is 3. The van der Waals surface area contributed by atoms with Crippen LogP contribution < -0.4 is 32.1 Å². The number of nitrogens with zero attached hydrogens (tertiary/aromatic N) is 4. The molecule has 13 nitrogen and oxygen atoms in total. The molecule has 5 N–H and O–H groups in total. The summed E-state index contributed by atoms with van der Waals surface area (Å²) >= 11 is 0. The second-order valence-electron chi connectivity index (χ2n) is 10.7. The van der Waals surface area contributed by atoms with Crippen molar-refractivity contribution in [2.24, 2.45) is 0 Å². The lowest BCUT2D eigenvalue weighted by Gasteiger charge is -2.32. The number of carbonyl (C=O) groups excluding carboxylic acids is 2. The molecule has 0 atom stereocenters. The first-order valence-corrected chi connectivity index (χ1v) is 13.8. The molecular formula is C31H27N7O6. The second-order valence-corrected chi connectivity index (χ2v) is 10.7. The zero-order chi connectivity index (χ0) is 31.1. The second kappa shape index (κ2) is 11.1. The summed E-state index contributed by atoms with van der Waals surface area (Å²) < 4.78 is 1.47. The van der Waals surface area contributed by atoms with Gasteiger partial charge in [0.15, 0.2) is 5.65 Å². The molecule has 6 rings (SSSR count). The van der Waals surface area contributed by atoms with Crippen LogP contribution in [0.2, 0.25) is 0 Å². The molecule has 222 valence electrons. The summed E-state index contributed by atoms with van der Waals surface area (Å²) in [7, 11) is 0. The molecule has 3 heterocycles. The van der Waals surface area contributed by atoms with Gasteiger partial charge in [0.1, 0.15) is 29.1 Å². The summed E-state index contributed by atoms with van der Waals surface area (Å²) in [6.45, 7) is 3.02. The minimum absolute atomic E-state index is 0.00191. The lowest BCUT2D eigenvalue weighted by atomic mass is 9.96. The minimum Gasteiger partial charge on any atom is -0.478 e. The van der Waals surface area contributed by atoms with Gasteiger partial charge in [0.25, 0.3) is 22.7 Å². The van der Waals surface area contributed by atoms with Crippen molar-refractivity contribution in [3.05, 3.63) is 120 Å². The quantitative estimate of drug-likeness (QED) is 0.191. The number of nitrogen functional groups attached to an aromatic ring is 1. The van der Waals surface area contributed by atoms with E-state index in [-0.39, 0.29) is 41.4 Å². The number of aromatic carboxylic acids is 1. The van der Waals surface area contributed by atoms with E-state index in [4.69, 9.17) is 5.73 Å². The number of amides is 2. The minimum atomic E-state index is -1.02. The molecular weight excluding hydrogens is 566 g/mol. The van der Waals surface area contributed by atoms with Gasteiger partial charge in [-0.3, -0.25) is 23.6 Å². The Morgan fingerprint density at radius 1 is 0.955 bits per heavy atom. The topological polar surface area (TPSA) is 189 Å². The van der Waals surface area contributed by atoms with Crippen molar-refractivity contribution >= 4 is 34.8 Å². The molecule has 0 radical (unpaired) electrons. The number of rotatable bonds is 8. The molecule has 0 spiro atoms. The number of benzene rings is 2. The van der Waals surface area contributed by atoms with Crippen LogP contribution in [0.25, 0.3) is 5.65 Å². The third kappa shape index (κ3) is 5.15. The third-order valence-corrected chi connectivity index (χ3v) is 7.80. The Labute approximate surface area is 249 Å². The van der Waals surface area contributed by atoms with Crippen molar-refractivity contribution < 1.29 is 19.5 Å². The Hall–Kier alpha value is -5.85. The Bertz CT molecular complexity index is 2060. The van der Waals surface area contributed by atoms with Crippen LogP contribution in [0, 0.1) is 6.92 Å². The van der Waals surface area contributed by atoms with Crippen LogP contribution in [0.4, 0.5) is 11.4 Å².